The van der Waals surface area contributed by atoms with Gasteiger partial charge in [-0.25, -0.2) is 4.98 Å². The Kier molecular flexibility index (Phi) is 5.08. The van der Waals surface area contributed by atoms with Gasteiger partial charge in [0.05, 0.1) is 12.5 Å². The van der Waals surface area contributed by atoms with Crippen LogP contribution >= 0.6 is 0 Å². The summed E-state index contributed by atoms with van der Waals surface area (Å²) in [5, 5.41) is 0. The minimum Gasteiger partial charge on any atom is -0.328 e. The fourth-order valence-corrected chi connectivity index (χ4v) is 1.78. The van der Waals surface area contributed by atoms with Gasteiger partial charge in [-0.1, -0.05) is 33.1 Å². The summed E-state index contributed by atoms with van der Waals surface area (Å²) in [5.41, 5.74) is 0.685. The average molecular weight is 208 g/mol. The Balaban J connectivity index is 2.54. The Labute approximate surface area is 91.5 Å². The van der Waals surface area contributed by atoms with E-state index in [9.17, 15) is 4.79 Å². The summed E-state index contributed by atoms with van der Waals surface area (Å²) in [6.07, 6.45) is 9.15. The van der Waals surface area contributed by atoms with Crippen LogP contribution in [0.15, 0.2) is 12.5 Å². The van der Waals surface area contributed by atoms with Gasteiger partial charge in [0.2, 0.25) is 0 Å². The van der Waals surface area contributed by atoms with Gasteiger partial charge in [-0.05, 0) is 12.3 Å². The minimum absolute atomic E-state index is 0.665. The van der Waals surface area contributed by atoms with Crippen LogP contribution in [0.5, 0.6) is 0 Å². The van der Waals surface area contributed by atoms with Crippen molar-refractivity contribution in [2.75, 3.05) is 0 Å². The molecule has 1 aromatic heterocycles. The third kappa shape index (κ3) is 3.50. The van der Waals surface area contributed by atoms with E-state index in [1.165, 1.54) is 19.3 Å². The zero-order valence-electron chi connectivity index (χ0n) is 9.65. The zero-order valence-corrected chi connectivity index (χ0v) is 9.65. The second-order valence-corrected chi connectivity index (χ2v) is 4.01. The first-order chi connectivity index (χ1) is 7.31. The van der Waals surface area contributed by atoms with Crippen LogP contribution in [0.3, 0.4) is 0 Å². The molecule has 0 aliphatic carbocycles. The van der Waals surface area contributed by atoms with Crippen LogP contribution in [0.1, 0.15) is 50.0 Å². The Morgan fingerprint density at radius 3 is 2.93 bits per heavy atom. The highest BCUT2D eigenvalue weighted by atomic mass is 16.1. The van der Waals surface area contributed by atoms with E-state index >= 15 is 0 Å². The average Bonchev–Trinajstić information content (AvgIpc) is 2.71. The number of aromatic nitrogens is 2. The molecule has 3 nitrogen and oxygen atoms in total. The lowest BCUT2D eigenvalue weighted by atomic mass is 9.99. The molecule has 0 saturated heterocycles. The molecule has 84 valence electrons. The normalized spacial score (nSPS) is 12.7. The van der Waals surface area contributed by atoms with Gasteiger partial charge in [0.25, 0.3) is 0 Å². The summed E-state index contributed by atoms with van der Waals surface area (Å²) >= 11 is 0. The number of carbonyl (C=O) groups is 1. The van der Waals surface area contributed by atoms with E-state index in [1.807, 2.05) is 4.57 Å². The molecule has 3 heteroatoms. The summed E-state index contributed by atoms with van der Waals surface area (Å²) in [6, 6.07) is 0. The minimum atomic E-state index is 0.665. The molecule has 0 amide bonds. The number of unbranched alkanes of at least 4 members (excludes halogenated alkanes) is 1. The maximum Gasteiger partial charge on any atom is 0.168 e. The SMILES string of the molecule is CCCCC(CC)Cn1cncc1C=O. The zero-order chi connectivity index (χ0) is 11.1. The second-order valence-electron chi connectivity index (χ2n) is 4.01. The molecule has 0 aromatic carbocycles. The van der Waals surface area contributed by atoms with Crippen LogP contribution in [0.2, 0.25) is 0 Å². The van der Waals surface area contributed by atoms with Gasteiger partial charge >= 0.3 is 0 Å². The standard InChI is InChI=1S/C12H20N2O/c1-3-5-6-11(4-2)8-14-10-13-7-12(14)9-15/h7,9-11H,3-6,8H2,1-2H3. The van der Waals surface area contributed by atoms with E-state index in [0.717, 1.165) is 19.3 Å². The van der Waals surface area contributed by atoms with Crippen molar-refractivity contribution in [3.8, 4) is 0 Å². The Morgan fingerprint density at radius 2 is 2.33 bits per heavy atom. The second kappa shape index (κ2) is 6.38. The molecular weight excluding hydrogens is 188 g/mol. The van der Waals surface area contributed by atoms with E-state index in [4.69, 9.17) is 0 Å². The van der Waals surface area contributed by atoms with Gasteiger partial charge < -0.3 is 4.57 Å². The van der Waals surface area contributed by atoms with Crippen LogP contribution in [0, 0.1) is 5.92 Å². The van der Waals surface area contributed by atoms with E-state index in [0.29, 0.717) is 11.6 Å². The largest absolute Gasteiger partial charge is 0.328 e. The van der Waals surface area contributed by atoms with Crippen molar-refractivity contribution in [3.63, 3.8) is 0 Å². The van der Waals surface area contributed by atoms with Gasteiger partial charge in [0.15, 0.2) is 6.29 Å². The summed E-state index contributed by atoms with van der Waals surface area (Å²) in [7, 11) is 0. The van der Waals surface area contributed by atoms with Crippen molar-refractivity contribution < 1.29 is 4.79 Å². The van der Waals surface area contributed by atoms with Gasteiger partial charge in [-0.15, -0.1) is 0 Å². The summed E-state index contributed by atoms with van der Waals surface area (Å²) < 4.78 is 1.96. The predicted octanol–water partition coefficient (Wildman–Crippen LogP) is 2.91. The smallest absolute Gasteiger partial charge is 0.168 e. The molecule has 1 aromatic rings. The van der Waals surface area contributed by atoms with Gasteiger partial charge in [-0.3, -0.25) is 4.79 Å². The van der Waals surface area contributed by atoms with E-state index in [1.54, 1.807) is 12.5 Å². The molecule has 0 saturated carbocycles. The number of nitrogens with zero attached hydrogens (tertiary/aromatic N) is 2. The fraction of sp³-hybridized carbons (Fsp3) is 0.667. The third-order valence-corrected chi connectivity index (χ3v) is 2.86. The van der Waals surface area contributed by atoms with Crippen molar-refractivity contribution in [1.29, 1.82) is 0 Å². The van der Waals surface area contributed by atoms with E-state index in [2.05, 4.69) is 18.8 Å². The maximum atomic E-state index is 10.7. The molecule has 0 aliphatic heterocycles. The molecule has 1 rings (SSSR count). The van der Waals surface area contributed by atoms with Crippen molar-refractivity contribution in [2.45, 2.75) is 46.1 Å². The topological polar surface area (TPSA) is 34.9 Å². The first kappa shape index (κ1) is 12.0. The highest BCUT2D eigenvalue weighted by molar-refractivity contribution is 5.71. The Hall–Kier alpha value is -1.12. The number of carbonyl (C=O) groups excluding carboxylic acids is 1. The predicted molar refractivity (Wildman–Crippen MR) is 60.9 cm³/mol. The molecular formula is C12H20N2O. The first-order valence-electron chi connectivity index (χ1n) is 5.77. The van der Waals surface area contributed by atoms with E-state index < -0.39 is 0 Å². The molecule has 1 unspecified atom stereocenters. The number of rotatable bonds is 7. The molecule has 15 heavy (non-hydrogen) atoms. The summed E-state index contributed by atoms with van der Waals surface area (Å²) in [6.45, 7) is 5.34. The Morgan fingerprint density at radius 1 is 1.53 bits per heavy atom. The summed E-state index contributed by atoms with van der Waals surface area (Å²) in [5.74, 6) is 0.665. The van der Waals surface area contributed by atoms with Crippen LogP contribution in [-0.2, 0) is 6.54 Å². The first-order valence-corrected chi connectivity index (χ1v) is 5.77. The fourth-order valence-electron chi connectivity index (χ4n) is 1.78. The maximum absolute atomic E-state index is 10.7. The van der Waals surface area contributed by atoms with Gasteiger partial charge in [-0.2, -0.15) is 0 Å². The molecule has 0 aliphatic rings. The lowest BCUT2D eigenvalue weighted by molar-refractivity contribution is 0.111. The quantitative estimate of drug-likeness (QED) is 0.646. The molecule has 1 atom stereocenters. The van der Waals surface area contributed by atoms with Crippen LogP contribution in [0.4, 0.5) is 0 Å². The van der Waals surface area contributed by atoms with Gasteiger partial charge in [0.1, 0.15) is 5.69 Å². The monoisotopic (exact) mass is 208 g/mol. The molecule has 0 radical (unpaired) electrons. The number of hydrogen-bond donors (Lipinski definition) is 0. The molecule has 0 spiro atoms. The highest BCUT2D eigenvalue weighted by Gasteiger charge is 2.08. The lowest BCUT2D eigenvalue weighted by Crippen LogP contribution is -2.11. The van der Waals surface area contributed by atoms with Crippen molar-refractivity contribution in [3.05, 3.63) is 18.2 Å². The Bertz CT molecular complexity index is 294. The molecule has 1 heterocycles. The van der Waals surface area contributed by atoms with Gasteiger partial charge in [0, 0.05) is 6.54 Å². The third-order valence-electron chi connectivity index (χ3n) is 2.86. The molecule has 0 fully saturated rings. The van der Waals surface area contributed by atoms with Crippen molar-refractivity contribution in [1.82, 2.24) is 9.55 Å². The van der Waals surface area contributed by atoms with Crippen molar-refractivity contribution in [2.24, 2.45) is 5.92 Å². The highest BCUT2D eigenvalue weighted by Crippen LogP contribution is 2.15. The van der Waals surface area contributed by atoms with Crippen LogP contribution in [-0.4, -0.2) is 15.8 Å². The van der Waals surface area contributed by atoms with Crippen molar-refractivity contribution >= 4 is 6.29 Å². The van der Waals surface area contributed by atoms with Crippen LogP contribution in [0.25, 0.3) is 0 Å². The summed E-state index contributed by atoms with van der Waals surface area (Å²) in [4.78, 5) is 14.7. The number of imidazole rings is 1. The number of hydrogen-bond acceptors (Lipinski definition) is 2. The lowest BCUT2D eigenvalue weighted by Gasteiger charge is -2.15. The number of aldehydes is 1. The van der Waals surface area contributed by atoms with E-state index in [-0.39, 0.29) is 0 Å². The molecule has 0 bridgehead atoms. The molecule has 0 N–H and O–H groups in total. The van der Waals surface area contributed by atoms with Crippen LogP contribution < -0.4 is 0 Å².